The summed E-state index contributed by atoms with van der Waals surface area (Å²) < 4.78 is 5.35. The van der Waals surface area contributed by atoms with Gasteiger partial charge in [-0.3, -0.25) is 4.98 Å². The molecule has 0 spiro atoms. The molecule has 0 aromatic carbocycles. The lowest BCUT2D eigenvalue weighted by Crippen LogP contribution is -2.08. The number of hydrogen-bond acceptors (Lipinski definition) is 6. The molecule has 1 aliphatic rings. The number of rotatable bonds is 5. The molecule has 5 nitrogen and oxygen atoms in total. The van der Waals surface area contributed by atoms with E-state index in [4.69, 9.17) is 10.3 Å². The van der Waals surface area contributed by atoms with E-state index in [1.807, 2.05) is 23.9 Å². The Bertz CT molecular complexity index is 581. The van der Waals surface area contributed by atoms with Crippen molar-refractivity contribution in [2.24, 2.45) is 5.73 Å². The van der Waals surface area contributed by atoms with Gasteiger partial charge in [0.25, 0.3) is 5.89 Å². The van der Waals surface area contributed by atoms with Gasteiger partial charge in [0.15, 0.2) is 5.82 Å². The minimum Gasteiger partial charge on any atom is -0.334 e. The van der Waals surface area contributed by atoms with Crippen molar-refractivity contribution in [2.45, 2.75) is 49.7 Å². The van der Waals surface area contributed by atoms with Crippen molar-refractivity contribution in [3.8, 4) is 11.5 Å². The number of nitrogens with zero attached hydrogens (tertiary/aromatic N) is 3. The average molecular weight is 304 g/mol. The normalized spacial score (nSPS) is 16.2. The van der Waals surface area contributed by atoms with E-state index in [9.17, 15) is 0 Å². The first-order chi connectivity index (χ1) is 10.3. The maximum absolute atomic E-state index is 5.60. The zero-order valence-corrected chi connectivity index (χ0v) is 12.8. The largest absolute Gasteiger partial charge is 0.334 e. The fourth-order valence-corrected chi connectivity index (χ4v) is 3.75. The Labute approximate surface area is 128 Å². The highest BCUT2D eigenvalue weighted by atomic mass is 32.2. The summed E-state index contributed by atoms with van der Waals surface area (Å²) in [6.45, 7) is 0.409. The van der Waals surface area contributed by atoms with E-state index in [0.717, 1.165) is 28.1 Å². The summed E-state index contributed by atoms with van der Waals surface area (Å²) in [5, 5.41) is 4.83. The molecule has 0 amide bonds. The Hall–Kier alpha value is -1.40. The van der Waals surface area contributed by atoms with Crippen molar-refractivity contribution in [1.82, 2.24) is 15.1 Å². The van der Waals surface area contributed by atoms with Crippen LogP contribution >= 0.6 is 11.8 Å². The monoisotopic (exact) mass is 304 g/mol. The molecule has 0 radical (unpaired) electrons. The quantitative estimate of drug-likeness (QED) is 0.914. The van der Waals surface area contributed by atoms with Crippen LogP contribution in [0.1, 0.15) is 43.6 Å². The number of pyridine rings is 1. The van der Waals surface area contributed by atoms with Crippen LogP contribution in [-0.4, -0.2) is 20.4 Å². The lowest BCUT2D eigenvalue weighted by molar-refractivity contribution is 0.425. The lowest BCUT2D eigenvalue weighted by Gasteiger charge is -2.19. The molecule has 1 aliphatic carbocycles. The van der Waals surface area contributed by atoms with Gasteiger partial charge < -0.3 is 10.3 Å². The molecule has 2 aromatic heterocycles. The molecule has 0 atom stereocenters. The Kier molecular flexibility index (Phi) is 4.87. The second-order valence-electron chi connectivity index (χ2n) is 5.33. The minimum atomic E-state index is 0.409. The summed E-state index contributed by atoms with van der Waals surface area (Å²) in [7, 11) is 0. The van der Waals surface area contributed by atoms with E-state index in [2.05, 4.69) is 15.1 Å². The van der Waals surface area contributed by atoms with Gasteiger partial charge in [-0.05, 0) is 25.0 Å². The van der Waals surface area contributed by atoms with E-state index in [0.29, 0.717) is 12.4 Å². The maximum atomic E-state index is 5.60. The van der Waals surface area contributed by atoms with Gasteiger partial charge in [-0.15, -0.1) is 0 Å². The molecule has 2 aromatic rings. The first-order valence-corrected chi connectivity index (χ1v) is 8.49. The number of hydrogen-bond donors (Lipinski definition) is 1. The summed E-state index contributed by atoms with van der Waals surface area (Å²) in [6, 6.07) is 3.76. The van der Waals surface area contributed by atoms with Crippen LogP contribution in [0.15, 0.2) is 22.9 Å². The Morgan fingerprint density at radius 1 is 1.29 bits per heavy atom. The van der Waals surface area contributed by atoms with Gasteiger partial charge in [-0.25, -0.2) is 0 Å². The molecule has 1 saturated carbocycles. The fourth-order valence-electron chi connectivity index (χ4n) is 2.58. The van der Waals surface area contributed by atoms with Gasteiger partial charge in [0.05, 0.1) is 11.4 Å². The van der Waals surface area contributed by atoms with Crippen LogP contribution in [0.3, 0.4) is 0 Å². The second kappa shape index (κ2) is 7.04. The fraction of sp³-hybridized carbons (Fsp3) is 0.533. The van der Waals surface area contributed by atoms with Crippen LogP contribution in [0.5, 0.6) is 0 Å². The molecular weight excluding hydrogens is 284 g/mol. The van der Waals surface area contributed by atoms with Crippen molar-refractivity contribution >= 4 is 11.8 Å². The zero-order valence-electron chi connectivity index (χ0n) is 12.0. The van der Waals surface area contributed by atoms with E-state index >= 15 is 0 Å². The van der Waals surface area contributed by atoms with Crippen LogP contribution in [0.4, 0.5) is 0 Å². The molecule has 112 valence electrons. The van der Waals surface area contributed by atoms with Crippen molar-refractivity contribution in [3.05, 3.63) is 29.8 Å². The molecule has 0 saturated heterocycles. The zero-order chi connectivity index (χ0) is 14.5. The third kappa shape index (κ3) is 3.83. The summed E-state index contributed by atoms with van der Waals surface area (Å²) in [5.41, 5.74) is 7.30. The third-order valence-corrected chi connectivity index (χ3v) is 5.11. The third-order valence-electron chi connectivity index (χ3n) is 3.74. The maximum Gasteiger partial charge on any atom is 0.258 e. The molecular formula is C15H20N4OS. The van der Waals surface area contributed by atoms with Crippen LogP contribution in [0.2, 0.25) is 0 Å². The summed E-state index contributed by atoms with van der Waals surface area (Å²) in [6.07, 6.45) is 8.45. The topological polar surface area (TPSA) is 77.8 Å². The van der Waals surface area contributed by atoms with E-state index in [-0.39, 0.29) is 0 Å². The van der Waals surface area contributed by atoms with Gasteiger partial charge in [0.2, 0.25) is 0 Å². The standard InChI is InChI=1S/C15H20N4OS/c16-9-12-8-11(6-7-17-12)15-18-14(19-20-15)10-21-13-4-2-1-3-5-13/h6-8,13H,1-5,9-10,16H2. The van der Waals surface area contributed by atoms with Crippen molar-refractivity contribution in [2.75, 3.05) is 0 Å². The van der Waals surface area contributed by atoms with Gasteiger partial charge in [-0.1, -0.05) is 24.4 Å². The summed E-state index contributed by atoms with van der Waals surface area (Å²) >= 11 is 1.95. The van der Waals surface area contributed by atoms with Crippen molar-refractivity contribution in [1.29, 1.82) is 0 Å². The first kappa shape index (κ1) is 14.5. The van der Waals surface area contributed by atoms with Gasteiger partial charge >= 0.3 is 0 Å². The first-order valence-electron chi connectivity index (χ1n) is 7.44. The van der Waals surface area contributed by atoms with Crippen LogP contribution in [0, 0.1) is 0 Å². The van der Waals surface area contributed by atoms with E-state index in [1.165, 1.54) is 32.1 Å². The lowest BCUT2D eigenvalue weighted by atomic mass is 10.0. The van der Waals surface area contributed by atoms with Crippen molar-refractivity contribution in [3.63, 3.8) is 0 Å². The smallest absolute Gasteiger partial charge is 0.258 e. The molecule has 0 bridgehead atoms. The molecule has 1 fully saturated rings. The van der Waals surface area contributed by atoms with Crippen molar-refractivity contribution < 1.29 is 4.52 Å². The molecule has 6 heteroatoms. The molecule has 21 heavy (non-hydrogen) atoms. The number of nitrogens with two attached hydrogens (primary N) is 1. The van der Waals surface area contributed by atoms with Crippen LogP contribution in [0.25, 0.3) is 11.5 Å². The molecule has 0 aliphatic heterocycles. The molecule has 2 heterocycles. The Morgan fingerprint density at radius 2 is 2.14 bits per heavy atom. The SMILES string of the molecule is NCc1cc(-c2nc(CSC3CCCCC3)no2)ccn1. The highest BCUT2D eigenvalue weighted by molar-refractivity contribution is 7.99. The summed E-state index contributed by atoms with van der Waals surface area (Å²) in [4.78, 5) is 8.64. The predicted molar refractivity (Wildman–Crippen MR) is 83.6 cm³/mol. The van der Waals surface area contributed by atoms with Gasteiger partial charge in [0, 0.05) is 23.6 Å². The van der Waals surface area contributed by atoms with Gasteiger partial charge in [0.1, 0.15) is 0 Å². The average Bonchev–Trinajstić information content (AvgIpc) is 3.03. The summed E-state index contributed by atoms with van der Waals surface area (Å²) in [5.74, 6) is 2.14. The highest BCUT2D eigenvalue weighted by Crippen LogP contribution is 2.30. The molecule has 2 N–H and O–H groups in total. The molecule has 0 unspecified atom stereocenters. The van der Waals surface area contributed by atoms with E-state index in [1.54, 1.807) is 6.20 Å². The second-order valence-corrected chi connectivity index (χ2v) is 6.62. The predicted octanol–water partition coefficient (Wildman–Crippen LogP) is 3.16. The van der Waals surface area contributed by atoms with Gasteiger partial charge in [-0.2, -0.15) is 16.7 Å². The number of thioether (sulfide) groups is 1. The van der Waals surface area contributed by atoms with Crippen LogP contribution in [-0.2, 0) is 12.3 Å². The Balaban J connectivity index is 1.62. The van der Waals surface area contributed by atoms with E-state index < -0.39 is 0 Å². The van der Waals surface area contributed by atoms with Crippen LogP contribution < -0.4 is 5.73 Å². The highest BCUT2D eigenvalue weighted by Gasteiger charge is 2.16. The Morgan fingerprint density at radius 3 is 2.95 bits per heavy atom. The number of aromatic nitrogens is 3. The minimum absolute atomic E-state index is 0.409. The molecule has 3 rings (SSSR count).